The van der Waals surface area contributed by atoms with Crippen LogP contribution in [-0.4, -0.2) is 4.98 Å². The minimum absolute atomic E-state index is 1.07. The van der Waals surface area contributed by atoms with Crippen molar-refractivity contribution in [2.24, 2.45) is 0 Å². The van der Waals surface area contributed by atoms with Crippen LogP contribution < -0.4 is 0 Å². The Morgan fingerprint density at radius 1 is 1.38 bits per heavy atom. The fourth-order valence-electron chi connectivity index (χ4n) is 1.49. The van der Waals surface area contributed by atoms with Crippen molar-refractivity contribution in [3.8, 4) is 0 Å². The number of fused-ring (bicyclic) bond motifs is 1. The zero-order chi connectivity index (χ0) is 9.26. The summed E-state index contributed by atoms with van der Waals surface area (Å²) in [6.07, 6.45) is 4.03. The Morgan fingerprint density at radius 2 is 2.15 bits per heavy atom. The van der Waals surface area contributed by atoms with Crippen molar-refractivity contribution in [2.45, 2.75) is 6.92 Å². The third-order valence-corrected chi connectivity index (χ3v) is 2.28. The third-order valence-electron chi connectivity index (χ3n) is 2.28. The normalized spacial score (nSPS) is 12.3. The zero-order valence-corrected chi connectivity index (χ0v) is 7.67. The van der Waals surface area contributed by atoms with Gasteiger partial charge in [0.2, 0.25) is 0 Å². The van der Waals surface area contributed by atoms with Crippen LogP contribution in [-0.2, 0) is 0 Å². The molecule has 0 atom stereocenters. The maximum Gasteiger partial charge on any atom is 0.0460 e. The molecule has 0 aliphatic rings. The maximum absolute atomic E-state index is 3.99. The van der Waals surface area contributed by atoms with E-state index in [-0.39, 0.29) is 0 Å². The number of rotatable bonds is 1. The Balaban J connectivity index is 2.71. The summed E-state index contributed by atoms with van der Waals surface area (Å²) >= 11 is 0. The molecule has 0 aliphatic carbocycles. The van der Waals surface area contributed by atoms with Crippen molar-refractivity contribution >= 4 is 16.5 Å². The lowest BCUT2D eigenvalue weighted by Gasteiger charge is -1.96. The van der Waals surface area contributed by atoms with Gasteiger partial charge >= 0.3 is 0 Å². The highest BCUT2D eigenvalue weighted by Crippen LogP contribution is 2.23. The Bertz CT molecular complexity index is 449. The first-order valence-electron chi connectivity index (χ1n) is 4.37. The number of benzene rings is 1. The standard InChI is InChI=1S/C12H12N/c1-3-9(2)11-8-13-12-7-5-4-6-10(11)12/h3-8,13H,2H2,1H3. The number of aromatic amines is 1. The summed E-state index contributed by atoms with van der Waals surface area (Å²) in [6, 6.07) is 8.25. The van der Waals surface area contributed by atoms with E-state index >= 15 is 0 Å². The predicted octanol–water partition coefficient (Wildman–Crippen LogP) is 3.41. The van der Waals surface area contributed by atoms with E-state index in [0.717, 1.165) is 5.57 Å². The van der Waals surface area contributed by atoms with Gasteiger partial charge in [0, 0.05) is 22.7 Å². The average Bonchev–Trinajstić information content (AvgIpc) is 2.60. The molecule has 0 amide bonds. The van der Waals surface area contributed by atoms with Gasteiger partial charge in [-0.2, -0.15) is 0 Å². The summed E-state index contributed by atoms with van der Waals surface area (Å²) in [4.78, 5) is 3.22. The highest BCUT2D eigenvalue weighted by Gasteiger charge is 2.02. The van der Waals surface area contributed by atoms with Gasteiger partial charge in [-0.05, 0) is 25.5 Å². The fraction of sp³-hybridized carbons (Fsp3) is 0.0833. The molecule has 1 radical (unpaired) electrons. The van der Waals surface area contributed by atoms with E-state index in [9.17, 15) is 0 Å². The predicted molar refractivity (Wildman–Crippen MR) is 57.3 cm³/mol. The molecule has 0 spiro atoms. The molecule has 0 aliphatic heterocycles. The first-order chi connectivity index (χ1) is 6.33. The van der Waals surface area contributed by atoms with Crippen LogP contribution in [0.3, 0.4) is 0 Å². The molecule has 65 valence electrons. The molecule has 1 heterocycles. The minimum Gasteiger partial charge on any atom is -0.361 e. The number of hydrogen-bond acceptors (Lipinski definition) is 0. The molecule has 1 aromatic carbocycles. The SMILES string of the molecule is [CH2]C(=CC)c1c[nH]c2ccccc12. The molecule has 13 heavy (non-hydrogen) atoms. The van der Waals surface area contributed by atoms with Gasteiger partial charge in [-0.3, -0.25) is 0 Å². The average molecular weight is 170 g/mol. The van der Waals surface area contributed by atoms with Gasteiger partial charge in [-0.25, -0.2) is 0 Å². The van der Waals surface area contributed by atoms with Gasteiger partial charge in [-0.15, -0.1) is 0 Å². The van der Waals surface area contributed by atoms with Crippen molar-refractivity contribution in [1.82, 2.24) is 4.98 Å². The van der Waals surface area contributed by atoms with Crippen LogP contribution in [0.2, 0.25) is 0 Å². The molecule has 0 saturated carbocycles. The first kappa shape index (κ1) is 8.11. The fourth-order valence-corrected chi connectivity index (χ4v) is 1.49. The van der Waals surface area contributed by atoms with Crippen LogP contribution in [0.25, 0.3) is 16.5 Å². The van der Waals surface area contributed by atoms with E-state index in [0.29, 0.717) is 0 Å². The molecule has 1 N–H and O–H groups in total. The first-order valence-corrected chi connectivity index (χ1v) is 4.37. The molecular formula is C12H12N. The summed E-state index contributed by atoms with van der Waals surface area (Å²) in [5, 5.41) is 1.24. The van der Waals surface area contributed by atoms with E-state index < -0.39 is 0 Å². The Morgan fingerprint density at radius 3 is 2.92 bits per heavy atom. The smallest absolute Gasteiger partial charge is 0.0460 e. The van der Waals surface area contributed by atoms with E-state index in [2.05, 4.69) is 24.0 Å². The van der Waals surface area contributed by atoms with Crippen molar-refractivity contribution in [3.05, 3.63) is 49.0 Å². The largest absolute Gasteiger partial charge is 0.361 e. The zero-order valence-electron chi connectivity index (χ0n) is 7.67. The molecule has 0 unspecified atom stereocenters. The quantitative estimate of drug-likeness (QED) is 0.675. The third kappa shape index (κ3) is 1.26. The summed E-state index contributed by atoms with van der Waals surface area (Å²) in [5.41, 5.74) is 3.43. The van der Waals surface area contributed by atoms with Gasteiger partial charge in [0.15, 0.2) is 0 Å². The molecule has 2 aromatic rings. The van der Waals surface area contributed by atoms with Crippen LogP contribution in [0.5, 0.6) is 0 Å². The number of allylic oxidation sites excluding steroid dienone is 2. The number of para-hydroxylation sites is 1. The Hall–Kier alpha value is -1.50. The van der Waals surface area contributed by atoms with Crippen LogP contribution in [0.15, 0.2) is 36.5 Å². The second-order valence-corrected chi connectivity index (χ2v) is 3.06. The van der Waals surface area contributed by atoms with Crippen molar-refractivity contribution in [3.63, 3.8) is 0 Å². The van der Waals surface area contributed by atoms with Gasteiger partial charge in [0.1, 0.15) is 0 Å². The number of nitrogens with one attached hydrogen (secondary N) is 1. The van der Waals surface area contributed by atoms with Crippen molar-refractivity contribution in [1.29, 1.82) is 0 Å². The molecule has 1 aromatic heterocycles. The van der Waals surface area contributed by atoms with Crippen molar-refractivity contribution in [2.75, 3.05) is 0 Å². The van der Waals surface area contributed by atoms with Gasteiger partial charge < -0.3 is 4.98 Å². The summed E-state index contributed by atoms with van der Waals surface area (Å²) in [7, 11) is 0. The van der Waals surface area contributed by atoms with E-state index in [1.165, 1.54) is 16.5 Å². The lowest BCUT2D eigenvalue weighted by atomic mass is 10.1. The van der Waals surface area contributed by atoms with Gasteiger partial charge in [-0.1, -0.05) is 24.3 Å². The topological polar surface area (TPSA) is 15.8 Å². The van der Waals surface area contributed by atoms with Crippen LogP contribution >= 0.6 is 0 Å². The monoisotopic (exact) mass is 170 g/mol. The van der Waals surface area contributed by atoms with Crippen LogP contribution in [0.4, 0.5) is 0 Å². The van der Waals surface area contributed by atoms with E-state index in [4.69, 9.17) is 0 Å². The molecule has 0 saturated heterocycles. The molecular weight excluding hydrogens is 158 g/mol. The molecule has 1 nitrogen and oxygen atoms in total. The molecule has 0 fully saturated rings. The van der Waals surface area contributed by atoms with Crippen LogP contribution in [0.1, 0.15) is 12.5 Å². The number of H-pyrrole nitrogens is 1. The minimum atomic E-state index is 1.07. The second-order valence-electron chi connectivity index (χ2n) is 3.06. The van der Waals surface area contributed by atoms with Gasteiger partial charge in [0.05, 0.1) is 0 Å². The molecule has 0 bridgehead atoms. The highest BCUT2D eigenvalue weighted by atomic mass is 14.7. The summed E-state index contributed by atoms with van der Waals surface area (Å²) < 4.78 is 0. The maximum atomic E-state index is 3.99. The summed E-state index contributed by atoms with van der Waals surface area (Å²) in [5.74, 6) is 0. The number of aromatic nitrogens is 1. The Labute approximate surface area is 78.1 Å². The van der Waals surface area contributed by atoms with E-state index in [1.54, 1.807) is 0 Å². The lowest BCUT2D eigenvalue weighted by Crippen LogP contribution is -1.74. The highest BCUT2D eigenvalue weighted by molar-refractivity contribution is 5.93. The second kappa shape index (κ2) is 3.09. The van der Waals surface area contributed by atoms with E-state index in [1.807, 2.05) is 31.3 Å². The van der Waals surface area contributed by atoms with Crippen LogP contribution in [0, 0.1) is 6.92 Å². The lowest BCUT2D eigenvalue weighted by molar-refractivity contribution is 1.46. The molecule has 1 heteroatoms. The van der Waals surface area contributed by atoms with Gasteiger partial charge in [0.25, 0.3) is 0 Å². The van der Waals surface area contributed by atoms with Crippen molar-refractivity contribution < 1.29 is 0 Å². The summed E-state index contributed by atoms with van der Waals surface area (Å²) in [6.45, 7) is 5.99. The Kier molecular flexibility index (Phi) is 1.93. The molecule has 2 rings (SSSR count). The number of hydrogen-bond donors (Lipinski definition) is 1.